The van der Waals surface area contributed by atoms with Gasteiger partial charge in [0.2, 0.25) is 0 Å². The van der Waals surface area contributed by atoms with Gasteiger partial charge in [-0.05, 0) is 25.0 Å². The van der Waals surface area contributed by atoms with Gasteiger partial charge < -0.3 is 24.4 Å². The Bertz CT molecular complexity index is 475. The maximum absolute atomic E-state index is 12.3. The third kappa shape index (κ3) is 4.89. The number of amides is 2. The third-order valence-electron chi connectivity index (χ3n) is 3.52. The molecule has 1 aliphatic heterocycles. The molecule has 0 bridgehead atoms. The molecule has 2 rings (SSSR count). The molecular formula is C16H24N2O4. The second-order valence-electron chi connectivity index (χ2n) is 5.28. The summed E-state index contributed by atoms with van der Waals surface area (Å²) in [7, 11) is 3.39. The molecule has 0 aliphatic carbocycles. The minimum absolute atomic E-state index is 0.143. The van der Waals surface area contributed by atoms with Gasteiger partial charge in [-0.1, -0.05) is 12.1 Å². The van der Waals surface area contributed by atoms with Gasteiger partial charge in [-0.15, -0.1) is 0 Å². The van der Waals surface area contributed by atoms with Crippen molar-refractivity contribution in [2.45, 2.75) is 18.9 Å². The van der Waals surface area contributed by atoms with E-state index in [9.17, 15) is 4.79 Å². The SMILES string of the molecule is COCCOc1ccccc1NC(=O)N(C)CC1CCCO1. The van der Waals surface area contributed by atoms with E-state index in [1.165, 1.54) is 0 Å². The molecule has 1 aromatic rings. The molecule has 0 aromatic heterocycles. The average Bonchev–Trinajstić information content (AvgIpc) is 3.02. The van der Waals surface area contributed by atoms with Crippen LogP contribution in [-0.4, -0.2) is 57.6 Å². The molecule has 22 heavy (non-hydrogen) atoms. The molecule has 1 aliphatic rings. The van der Waals surface area contributed by atoms with E-state index in [-0.39, 0.29) is 12.1 Å². The largest absolute Gasteiger partial charge is 0.489 e. The van der Waals surface area contributed by atoms with Crippen molar-refractivity contribution in [2.75, 3.05) is 45.8 Å². The number of ether oxygens (including phenoxy) is 3. The summed E-state index contributed by atoms with van der Waals surface area (Å²) in [6.07, 6.45) is 2.22. The smallest absolute Gasteiger partial charge is 0.321 e. The highest BCUT2D eigenvalue weighted by Gasteiger charge is 2.20. The predicted octanol–water partition coefficient (Wildman–Crippen LogP) is 2.35. The zero-order valence-electron chi connectivity index (χ0n) is 13.2. The first-order valence-electron chi connectivity index (χ1n) is 7.55. The van der Waals surface area contributed by atoms with Crippen LogP contribution in [0.25, 0.3) is 0 Å². The van der Waals surface area contributed by atoms with E-state index in [1.54, 1.807) is 19.1 Å². The molecule has 0 saturated carbocycles. The van der Waals surface area contributed by atoms with Crippen molar-refractivity contribution in [1.82, 2.24) is 4.90 Å². The van der Waals surface area contributed by atoms with E-state index in [4.69, 9.17) is 14.2 Å². The van der Waals surface area contributed by atoms with Gasteiger partial charge in [0.15, 0.2) is 0 Å². The summed E-state index contributed by atoms with van der Waals surface area (Å²) in [5.41, 5.74) is 0.655. The third-order valence-corrected chi connectivity index (χ3v) is 3.52. The number of carbonyl (C=O) groups is 1. The average molecular weight is 308 g/mol. The fraction of sp³-hybridized carbons (Fsp3) is 0.562. The van der Waals surface area contributed by atoms with Crippen molar-refractivity contribution in [1.29, 1.82) is 0 Å². The molecule has 0 spiro atoms. The fourth-order valence-corrected chi connectivity index (χ4v) is 2.32. The molecule has 1 heterocycles. The van der Waals surface area contributed by atoms with E-state index in [2.05, 4.69) is 5.32 Å². The molecule has 1 unspecified atom stereocenters. The first-order chi connectivity index (χ1) is 10.7. The van der Waals surface area contributed by atoms with Gasteiger partial charge in [0.05, 0.1) is 18.4 Å². The lowest BCUT2D eigenvalue weighted by molar-refractivity contribution is 0.0894. The second-order valence-corrected chi connectivity index (χ2v) is 5.28. The van der Waals surface area contributed by atoms with Crippen LogP contribution in [0.3, 0.4) is 0 Å². The molecule has 1 aromatic carbocycles. The van der Waals surface area contributed by atoms with Gasteiger partial charge in [0, 0.05) is 27.3 Å². The first kappa shape index (κ1) is 16.6. The van der Waals surface area contributed by atoms with Crippen molar-refractivity contribution < 1.29 is 19.0 Å². The molecule has 1 N–H and O–H groups in total. The number of rotatable bonds is 7. The van der Waals surface area contributed by atoms with Crippen LogP contribution in [0.15, 0.2) is 24.3 Å². The molecule has 6 nitrogen and oxygen atoms in total. The minimum Gasteiger partial charge on any atom is -0.489 e. The van der Waals surface area contributed by atoms with Gasteiger partial charge in [0.25, 0.3) is 0 Å². The minimum atomic E-state index is -0.168. The van der Waals surface area contributed by atoms with E-state index >= 15 is 0 Å². The number of para-hydroxylation sites is 2. The lowest BCUT2D eigenvalue weighted by atomic mass is 10.2. The van der Waals surface area contributed by atoms with Crippen molar-refractivity contribution in [3.63, 3.8) is 0 Å². The quantitative estimate of drug-likeness (QED) is 0.786. The monoisotopic (exact) mass is 308 g/mol. The number of carbonyl (C=O) groups excluding carboxylic acids is 1. The summed E-state index contributed by atoms with van der Waals surface area (Å²) < 4.78 is 16.1. The van der Waals surface area contributed by atoms with Crippen molar-refractivity contribution >= 4 is 11.7 Å². The van der Waals surface area contributed by atoms with Crippen LogP contribution in [0.5, 0.6) is 5.75 Å². The van der Waals surface area contributed by atoms with Crippen LogP contribution in [0.2, 0.25) is 0 Å². The number of urea groups is 1. The normalized spacial score (nSPS) is 17.3. The summed E-state index contributed by atoms with van der Waals surface area (Å²) >= 11 is 0. The van der Waals surface area contributed by atoms with Crippen LogP contribution in [0.4, 0.5) is 10.5 Å². The van der Waals surface area contributed by atoms with Crippen LogP contribution < -0.4 is 10.1 Å². The maximum atomic E-state index is 12.3. The van der Waals surface area contributed by atoms with Crippen molar-refractivity contribution in [3.8, 4) is 5.75 Å². The molecule has 122 valence electrons. The molecule has 1 fully saturated rings. The van der Waals surface area contributed by atoms with Gasteiger partial charge in [-0.2, -0.15) is 0 Å². The van der Waals surface area contributed by atoms with Gasteiger partial charge in [-0.3, -0.25) is 0 Å². The molecule has 0 radical (unpaired) electrons. The highest BCUT2D eigenvalue weighted by atomic mass is 16.5. The number of anilines is 1. The topological polar surface area (TPSA) is 60.0 Å². The lowest BCUT2D eigenvalue weighted by Crippen LogP contribution is -2.37. The Morgan fingerprint density at radius 2 is 2.23 bits per heavy atom. The molecule has 2 amide bonds. The maximum Gasteiger partial charge on any atom is 0.321 e. The molecular weight excluding hydrogens is 284 g/mol. The van der Waals surface area contributed by atoms with Crippen LogP contribution in [-0.2, 0) is 9.47 Å². The Labute approximate surface area is 131 Å². The van der Waals surface area contributed by atoms with E-state index in [0.717, 1.165) is 19.4 Å². The molecule has 1 atom stereocenters. The summed E-state index contributed by atoms with van der Waals surface area (Å²) in [5, 5.41) is 2.88. The first-order valence-corrected chi connectivity index (χ1v) is 7.55. The van der Waals surface area contributed by atoms with E-state index in [1.807, 2.05) is 24.3 Å². The van der Waals surface area contributed by atoms with Crippen LogP contribution in [0.1, 0.15) is 12.8 Å². The Hall–Kier alpha value is -1.79. The summed E-state index contributed by atoms with van der Waals surface area (Å²) in [6, 6.07) is 7.20. The zero-order chi connectivity index (χ0) is 15.8. The Morgan fingerprint density at radius 3 is 2.95 bits per heavy atom. The number of likely N-dealkylation sites (N-methyl/N-ethyl adjacent to an activating group) is 1. The van der Waals surface area contributed by atoms with Crippen LogP contribution in [0, 0.1) is 0 Å². The predicted molar refractivity (Wildman–Crippen MR) is 84.4 cm³/mol. The highest BCUT2D eigenvalue weighted by molar-refractivity contribution is 5.90. The van der Waals surface area contributed by atoms with E-state index < -0.39 is 0 Å². The molecule has 1 saturated heterocycles. The number of nitrogens with zero attached hydrogens (tertiary/aromatic N) is 1. The summed E-state index contributed by atoms with van der Waals surface area (Å²) in [6.45, 7) is 2.32. The highest BCUT2D eigenvalue weighted by Crippen LogP contribution is 2.24. The number of benzene rings is 1. The number of nitrogens with one attached hydrogen (secondary N) is 1. The number of hydrogen-bond acceptors (Lipinski definition) is 4. The van der Waals surface area contributed by atoms with Gasteiger partial charge in [-0.25, -0.2) is 4.79 Å². The van der Waals surface area contributed by atoms with Crippen molar-refractivity contribution in [2.24, 2.45) is 0 Å². The van der Waals surface area contributed by atoms with Gasteiger partial charge in [0.1, 0.15) is 12.4 Å². The van der Waals surface area contributed by atoms with Gasteiger partial charge >= 0.3 is 6.03 Å². The van der Waals surface area contributed by atoms with Crippen LogP contribution >= 0.6 is 0 Å². The Morgan fingerprint density at radius 1 is 1.41 bits per heavy atom. The second kappa shape index (κ2) is 8.60. The Kier molecular flexibility index (Phi) is 6.48. The number of methoxy groups -OCH3 is 1. The van der Waals surface area contributed by atoms with E-state index in [0.29, 0.717) is 31.2 Å². The summed E-state index contributed by atoms with van der Waals surface area (Å²) in [4.78, 5) is 13.9. The fourth-order valence-electron chi connectivity index (χ4n) is 2.32. The number of hydrogen-bond donors (Lipinski definition) is 1. The zero-order valence-corrected chi connectivity index (χ0v) is 13.2. The van der Waals surface area contributed by atoms with Crippen molar-refractivity contribution in [3.05, 3.63) is 24.3 Å². The molecule has 6 heteroatoms. The standard InChI is InChI=1S/C16H24N2O4/c1-18(12-13-6-5-9-21-13)16(19)17-14-7-3-4-8-15(14)22-11-10-20-2/h3-4,7-8,13H,5-6,9-12H2,1-2H3,(H,17,19). The Balaban J connectivity index is 1.89. The summed E-state index contributed by atoms with van der Waals surface area (Å²) in [5.74, 6) is 0.637. The lowest BCUT2D eigenvalue weighted by Gasteiger charge is -2.22.